The summed E-state index contributed by atoms with van der Waals surface area (Å²) in [6.45, 7) is 1.72. The van der Waals surface area contributed by atoms with Crippen LogP contribution in [0.1, 0.15) is 11.1 Å². The number of pyridine rings is 1. The Morgan fingerprint density at radius 2 is 1.59 bits per heavy atom. The number of anilines is 1. The van der Waals surface area contributed by atoms with Crippen LogP contribution in [0.5, 0.6) is 0 Å². The van der Waals surface area contributed by atoms with Crippen LogP contribution in [0.15, 0.2) is 82.5 Å². The van der Waals surface area contributed by atoms with Crippen LogP contribution in [0.25, 0.3) is 22.0 Å². The fraction of sp³-hybridized carbons (Fsp3) is 0.0870. The van der Waals surface area contributed by atoms with Gasteiger partial charge in [-0.25, -0.2) is 8.42 Å². The smallest absolute Gasteiger partial charge is 0.322 e. The van der Waals surface area contributed by atoms with E-state index < -0.39 is 32.7 Å². The van der Waals surface area contributed by atoms with Crippen molar-refractivity contribution in [3.8, 4) is 11.1 Å². The summed E-state index contributed by atoms with van der Waals surface area (Å²) in [6, 6.07) is 18.2. The monoisotopic (exact) mass is 458 g/mol. The van der Waals surface area contributed by atoms with E-state index >= 15 is 0 Å². The van der Waals surface area contributed by atoms with Crippen LogP contribution in [-0.4, -0.2) is 13.4 Å². The first-order chi connectivity index (χ1) is 15.0. The van der Waals surface area contributed by atoms with Crippen molar-refractivity contribution in [2.75, 3.05) is 4.72 Å². The van der Waals surface area contributed by atoms with E-state index in [9.17, 15) is 26.4 Å². The topological polar surface area (TPSA) is 79.0 Å². The van der Waals surface area contributed by atoms with Gasteiger partial charge in [-0.15, -0.1) is 0 Å². The first kappa shape index (κ1) is 21.6. The zero-order valence-corrected chi connectivity index (χ0v) is 17.5. The Kier molecular flexibility index (Phi) is 5.29. The number of aromatic nitrogens is 1. The molecule has 0 bridgehead atoms. The molecule has 0 saturated carbocycles. The maximum absolute atomic E-state index is 13.4. The van der Waals surface area contributed by atoms with Gasteiger partial charge in [0.1, 0.15) is 0 Å². The molecule has 0 atom stereocenters. The minimum atomic E-state index is -4.82. The number of aryl methyl sites for hydroxylation is 1. The van der Waals surface area contributed by atoms with Gasteiger partial charge in [0.2, 0.25) is 5.56 Å². The molecule has 1 aromatic heterocycles. The molecule has 5 nitrogen and oxygen atoms in total. The molecule has 9 heteroatoms. The molecule has 0 amide bonds. The molecule has 0 radical (unpaired) electrons. The summed E-state index contributed by atoms with van der Waals surface area (Å²) in [4.78, 5) is 13.5. The molecule has 3 aromatic carbocycles. The molecule has 0 unspecified atom stereocenters. The first-order valence-electron chi connectivity index (χ1n) is 9.48. The number of H-pyrrole nitrogens is 1. The van der Waals surface area contributed by atoms with Gasteiger partial charge < -0.3 is 4.98 Å². The molecule has 0 spiro atoms. The average molecular weight is 458 g/mol. The molecule has 32 heavy (non-hydrogen) atoms. The maximum Gasteiger partial charge on any atom is 0.417 e. The number of nitrogens with one attached hydrogen (secondary N) is 2. The number of aromatic amines is 1. The van der Waals surface area contributed by atoms with Crippen molar-refractivity contribution in [2.24, 2.45) is 0 Å². The molecule has 4 rings (SSSR count). The second-order valence-corrected chi connectivity index (χ2v) is 8.94. The van der Waals surface area contributed by atoms with Crippen molar-refractivity contribution >= 4 is 26.6 Å². The summed E-state index contributed by atoms with van der Waals surface area (Å²) < 4.78 is 68.7. The standard InChI is InChI=1S/C23H17F3N2O3S/c1-14-7-8-16(15-5-3-2-4-6-15)11-21(14)28-32(30,31)17-9-10-20-18(12-17)19(23(24,25)26)13-22(29)27-20/h2-13,28H,1H3,(H,27,29). The number of fused-ring (bicyclic) bond motifs is 1. The van der Waals surface area contributed by atoms with E-state index in [0.29, 0.717) is 17.3 Å². The molecule has 1 heterocycles. The van der Waals surface area contributed by atoms with E-state index in [1.54, 1.807) is 19.1 Å². The molecule has 0 saturated heterocycles. The second-order valence-electron chi connectivity index (χ2n) is 7.25. The molecule has 0 aliphatic rings. The minimum Gasteiger partial charge on any atom is -0.322 e. The molecule has 0 fully saturated rings. The second kappa shape index (κ2) is 7.83. The van der Waals surface area contributed by atoms with E-state index in [0.717, 1.165) is 29.3 Å². The maximum atomic E-state index is 13.4. The summed E-state index contributed by atoms with van der Waals surface area (Å²) in [5.41, 5.74) is 0.397. The predicted octanol–water partition coefficient (Wildman–Crippen LogP) is 5.32. The Morgan fingerprint density at radius 1 is 0.875 bits per heavy atom. The third-order valence-corrected chi connectivity index (χ3v) is 6.38. The van der Waals surface area contributed by atoms with Gasteiger partial charge in [-0.3, -0.25) is 9.52 Å². The van der Waals surface area contributed by atoms with E-state index in [4.69, 9.17) is 0 Å². The lowest BCUT2D eigenvalue weighted by Crippen LogP contribution is -2.16. The van der Waals surface area contributed by atoms with Crippen LogP contribution < -0.4 is 10.3 Å². The number of sulfonamides is 1. The van der Waals surface area contributed by atoms with Crippen LogP contribution in [0.4, 0.5) is 18.9 Å². The summed E-state index contributed by atoms with van der Waals surface area (Å²) in [6.07, 6.45) is -4.82. The van der Waals surface area contributed by atoms with E-state index in [-0.39, 0.29) is 10.4 Å². The molecule has 4 aromatic rings. The molecular weight excluding hydrogens is 441 g/mol. The van der Waals surface area contributed by atoms with Crippen molar-refractivity contribution in [2.45, 2.75) is 18.0 Å². The average Bonchev–Trinajstić information content (AvgIpc) is 2.74. The van der Waals surface area contributed by atoms with Crippen molar-refractivity contribution in [3.05, 3.63) is 94.3 Å². The quantitative estimate of drug-likeness (QED) is 0.434. The number of halogens is 3. The van der Waals surface area contributed by atoms with Gasteiger partial charge >= 0.3 is 6.18 Å². The van der Waals surface area contributed by atoms with Crippen molar-refractivity contribution in [3.63, 3.8) is 0 Å². The zero-order chi connectivity index (χ0) is 23.1. The summed E-state index contributed by atoms with van der Waals surface area (Å²) in [7, 11) is -4.21. The Balaban J connectivity index is 1.78. The van der Waals surface area contributed by atoms with Crippen LogP contribution in [-0.2, 0) is 16.2 Å². The summed E-state index contributed by atoms with van der Waals surface area (Å²) in [5.74, 6) is 0. The Hall–Kier alpha value is -3.59. The lowest BCUT2D eigenvalue weighted by molar-refractivity contribution is -0.136. The number of benzene rings is 3. The molecule has 164 valence electrons. The summed E-state index contributed by atoms with van der Waals surface area (Å²) in [5, 5.41) is -0.408. The zero-order valence-electron chi connectivity index (χ0n) is 16.7. The normalized spacial score (nSPS) is 12.1. The third kappa shape index (κ3) is 4.24. The third-order valence-electron chi connectivity index (χ3n) is 5.02. The van der Waals surface area contributed by atoms with Gasteiger partial charge in [0, 0.05) is 17.0 Å². The predicted molar refractivity (Wildman–Crippen MR) is 117 cm³/mol. The van der Waals surface area contributed by atoms with Gasteiger partial charge in [0.05, 0.1) is 16.1 Å². The van der Waals surface area contributed by atoms with Crippen LogP contribution >= 0.6 is 0 Å². The van der Waals surface area contributed by atoms with Gasteiger partial charge in [-0.1, -0.05) is 42.5 Å². The van der Waals surface area contributed by atoms with E-state index in [1.165, 1.54) is 0 Å². The van der Waals surface area contributed by atoms with Gasteiger partial charge in [0.25, 0.3) is 10.0 Å². The largest absolute Gasteiger partial charge is 0.417 e. The van der Waals surface area contributed by atoms with Crippen molar-refractivity contribution in [1.82, 2.24) is 4.98 Å². The first-order valence-corrected chi connectivity index (χ1v) is 11.0. The van der Waals surface area contributed by atoms with Crippen LogP contribution in [0.3, 0.4) is 0 Å². The highest BCUT2D eigenvalue weighted by molar-refractivity contribution is 7.92. The fourth-order valence-electron chi connectivity index (χ4n) is 3.38. The lowest BCUT2D eigenvalue weighted by Gasteiger charge is -2.14. The Bertz CT molecular complexity index is 1480. The van der Waals surface area contributed by atoms with E-state index in [1.807, 2.05) is 36.4 Å². The summed E-state index contributed by atoms with van der Waals surface area (Å²) >= 11 is 0. The highest BCUT2D eigenvalue weighted by Gasteiger charge is 2.33. The lowest BCUT2D eigenvalue weighted by atomic mass is 10.0. The van der Waals surface area contributed by atoms with Crippen molar-refractivity contribution < 1.29 is 21.6 Å². The number of alkyl halides is 3. The molecule has 2 N–H and O–H groups in total. The highest BCUT2D eigenvalue weighted by atomic mass is 32.2. The Morgan fingerprint density at radius 3 is 2.28 bits per heavy atom. The molecule has 0 aliphatic carbocycles. The Labute approximate surface area is 181 Å². The minimum absolute atomic E-state index is 0.106. The SMILES string of the molecule is Cc1ccc(-c2ccccc2)cc1NS(=O)(=O)c1ccc2[nH]c(=O)cc(C(F)(F)F)c2c1. The van der Waals surface area contributed by atoms with Crippen molar-refractivity contribution in [1.29, 1.82) is 0 Å². The van der Waals surface area contributed by atoms with Crippen LogP contribution in [0, 0.1) is 6.92 Å². The number of hydrogen-bond donors (Lipinski definition) is 2. The molecule has 0 aliphatic heterocycles. The fourth-order valence-corrected chi connectivity index (χ4v) is 4.53. The van der Waals surface area contributed by atoms with Gasteiger partial charge in [0.15, 0.2) is 0 Å². The van der Waals surface area contributed by atoms with Gasteiger partial charge in [-0.2, -0.15) is 13.2 Å². The number of rotatable bonds is 4. The van der Waals surface area contributed by atoms with Gasteiger partial charge in [-0.05, 0) is 47.9 Å². The van der Waals surface area contributed by atoms with E-state index in [2.05, 4.69) is 9.71 Å². The van der Waals surface area contributed by atoms with Crippen LogP contribution in [0.2, 0.25) is 0 Å². The number of hydrogen-bond acceptors (Lipinski definition) is 3. The molecular formula is C23H17F3N2O3S. The highest BCUT2D eigenvalue weighted by Crippen LogP contribution is 2.34.